The second-order valence-corrected chi connectivity index (χ2v) is 8.73. The maximum atomic E-state index is 12.6. The smallest absolute Gasteiger partial charge is 0.256 e. The molecular weight excluding hydrogens is 314 g/mol. The first-order chi connectivity index (χ1) is 10.9. The van der Waals surface area contributed by atoms with Crippen LogP contribution in [0, 0.1) is 23.2 Å². The molecule has 1 saturated heterocycles. The lowest BCUT2D eigenvalue weighted by Gasteiger charge is -2.60. The number of rotatable bonds is 3. The van der Waals surface area contributed by atoms with Gasteiger partial charge in [-0.1, -0.05) is 11.6 Å². The minimum Gasteiger partial charge on any atom is -0.390 e. The predicted octanol–water partition coefficient (Wildman–Crippen LogP) is 1.74. The molecule has 5 rings (SSSR count). The summed E-state index contributed by atoms with van der Waals surface area (Å²) in [6.07, 6.45) is 7.31. The number of likely N-dealkylation sites (tertiary alicyclic amines) is 1. The number of amides is 1. The van der Waals surface area contributed by atoms with Crippen LogP contribution in [0.25, 0.3) is 0 Å². The van der Waals surface area contributed by atoms with Crippen molar-refractivity contribution in [1.82, 2.24) is 10.2 Å². The van der Waals surface area contributed by atoms with Crippen molar-refractivity contribution in [2.75, 3.05) is 6.54 Å². The highest BCUT2D eigenvalue weighted by atomic mass is 35.5. The lowest BCUT2D eigenvalue weighted by Crippen LogP contribution is -2.66. The second kappa shape index (κ2) is 5.34. The van der Waals surface area contributed by atoms with Crippen molar-refractivity contribution >= 4 is 17.5 Å². The van der Waals surface area contributed by atoms with Crippen molar-refractivity contribution in [3.8, 4) is 6.07 Å². The number of hydrogen-bond donors (Lipinski definition) is 2. The van der Waals surface area contributed by atoms with Gasteiger partial charge < -0.3 is 10.0 Å². The van der Waals surface area contributed by atoms with Crippen LogP contribution in [-0.4, -0.2) is 45.1 Å². The molecule has 1 aliphatic heterocycles. The van der Waals surface area contributed by atoms with E-state index < -0.39 is 11.1 Å². The number of carbonyl (C=O) groups excluding carboxylic acids is 1. The maximum absolute atomic E-state index is 12.6. The van der Waals surface area contributed by atoms with Gasteiger partial charge >= 0.3 is 0 Å². The SMILES string of the molecule is N#C[C@@H]1CCCN1C(=O)C(Cl)NC12CC3C[C@@H](CC(O)(C3)C1)C2. The number of nitrogens with zero attached hydrogens (tertiary/aromatic N) is 2. The van der Waals surface area contributed by atoms with Crippen LogP contribution in [0.4, 0.5) is 0 Å². The average Bonchev–Trinajstić information content (AvgIpc) is 2.91. The molecule has 23 heavy (non-hydrogen) atoms. The van der Waals surface area contributed by atoms with E-state index >= 15 is 0 Å². The Morgan fingerprint density at radius 1 is 1.35 bits per heavy atom. The van der Waals surface area contributed by atoms with E-state index in [4.69, 9.17) is 16.9 Å². The Balaban J connectivity index is 1.47. The molecule has 126 valence electrons. The molecule has 1 heterocycles. The van der Waals surface area contributed by atoms with Crippen LogP contribution in [-0.2, 0) is 4.79 Å². The summed E-state index contributed by atoms with van der Waals surface area (Å²) in [6, 6.07) is 1.85. The molecule has 0 aromatic rings. The molecule has 5 fully saturated rings. The fourth-order valence-electron chi connectivity index (χ4n) is 6.02. The first-order valence-corrected chi connectivity index (χ1v) is 9.20. The minimum atomic E-state index is -0.802. The average molecular weight is 338 g/mol. The molecule has 6 atom stereocenters. The second-order valence-electron chi connectivity index (χ2n) is 8.29. The fourth-order valence-corrected chi connectivity index (χ4v) is 6.38. The van der Waals surface area contributed by atoms with Crippen LogP contribution in [0.5, 0.6) is 0 Å². The van der Waals surface area contributed by atoms with E-state index in [2.05, 4.69) is 11.4 Å². The Labute approximate surface area is 142 Å². The third-order valence-corrected chi connectivity index (χ3v) is 6.66. The number of hydrogen-bond acceptors (Lipinski definition) is 4. The highest BCUT2D eigenvalue weighted by molar-refractivity contribution is 6.30. The Bertz CT molecular complexity index is 547. The highest BCUT2D eigenvalue weighted by Gasteiger charge is 2.57. The quantitative estimate of drug-likeness (QED) is 0.607. The monoisotopic (exact) mass is 337 g/mol. The van der Waals surface area contributed by atoms with E-state index in [0.717, 1.165) is 38.5 Å². The molecule has 0 aromatic heterocycles. The predicted molar refractivity (Wildman–Crippen MR) is 85.5 cm³/mol. The van der Waals surface area contributed by atoms with E-state index in [9.17, 15) is 9.90 Å². The van der Waals surface area contributed by atoms with Gasteiger partial charge in [-0.25, -0.2) is 0 Å². The largest absolute Gasteiger partial charge is 0.390 e. The first-order valence-electron chi connectivity index (χ1n) is 8.76. The molecule has 0 aromatic carbocycles. The van der Waals surface area contributed by atoms with Crippen molar-refractivity contribution in [3.05, 3.63) is 0 Å². The number of nitrogens with one attached hydrogen (secondary N) is 1. The topological polar surface area (TPSA) is 76.4 Å². The van der Waals surface area contributed by atoms with E-state index in [1.54, 1.807) is 4.90 Å². The molecular formula is C17H24ClN3O2. The van der Waals surface area contributed by atoms with Gasteiger partial charge in [0, 0.05) is 12.1 Å². The zero-order valence-corrected chi connectivity index (χ0v) is 14.1. The van der Waals surface area contributed by atoms with Crippen molar-refractivity contribution in [1.29, 1.82) is 5.26 Å². The summed E-state index contributed by atoms with van der Waals surface area (Å²) in [5.74, 6) is 0.913. The fraction of sp³-hybridized carbons (Fsp3) is 0.882. The van der Waals surface area contributed by atoms with Gasteiger partial charge in [-0.15, -0.1) is 0 Å². The van der Waals surface area contributed by atoms with Crippen molar-refractivity contribution in [2.45, 2.75) is 74.0 Å². The van der Waals surface area contributed by atoms with Gasteiger partial charge in [-0.05, 0) is 63.2 Å². The van der Waals surface area contributed by atoms with Gasteiger partial charge in [0.15, 0.2) is 5.50 Å². The number of aliphatic hydroxyl groups is 1. The van der Waals surface area contributed by atoms with Crippen molar-refractivity contribution < 1.29 is 9.90 Å². The minimum absolute atomic E-state index is 0.182. The van der Waals surface area contributed by atoms with Crippen molar-refractivity contribution in [2.24, 2.45) is 11.8 Å². The summed E-state index contributed by atoms with van der Waals surface area (Å²) in [5.41, 5.74) is -1.58. The zero-order chi connectivity index (χ0) is 16.2. The highest BCUT2D eigenvalue weighted by Crippen LogP contribution is 2.57. The molecule has 2 N–H and O–H groups in total. The molecule has 4 unspecified atom stereocenters. The maximum Gasteiger partial charge on any atom is 0.256 e. The van der Waals surface area contributed by atoms with E-state index in [0.29, 0.717) is 24.8 Å². The molecule has 4 aliphatic carbocycles. The normalized spacial score (nSPS) is 46.0. The molecule has 6 heteroatoms. The molecule has 5 nitrogen and oxygen atoms in total. The van der Waals surface area contributed by atoms with Gasteiger partial charge in [0.25, 0.3) is 5.91 Å². The lowest BCUT2D eigenvalue weighted by atomic mass is 9.51. The van der Waals surface area contributed by atoms with Crippen LogP contribution in [0.15, 0.2) is 0 Å². The van der Waals surface area contributed by atoms with Crippen LogP contribution >= 0.6 is 11.6 Å². The Hall–Kier alpha value is -0.830. The summed E-state index contributed by atoms with van der Waals surface area (Å²) >= 11 is 6.42. The van der Waals surface area contributed by atoms with Crippen LogP contribution in [0.3, 0.4) is 0 Å². The number of nitriles is 1. The number of halogens is 1. The summed E-state index contributed by atoms with van der Waals surface area (Å²) in [6.45, 7) is 0.615. The third kappa shape index (κ3) is 2.65. The lowest BCUT2D eigenvalue weighted by molar-refractivity contribution is -0.148. The summed E-state index contributed by atoms with van der Waals surface area (Å²) in [4.78, 5) is 14.2. The summed E-state index contributed by atoms with van der Waals surface area (Å²) < 4.78 is 0. The summed E-state index contributed by atoms with van der Waals surface area (Å²) in [5, 5.41) is 23.3. The van der Waals surface area contributed by atoms with Crippen LogP contribution in [0.1, 0.15) is 51.4 Å². The Kier molecular flexibility index (Phi) is 3.64. The number of carbonyl (C=O) groups is 1. The standard InChI is InChI=1S/C17H24ClN3O2/c18-14(15(22)21-3-1-2-13(21)9-19)20-16-5-11-4-12(6-16)8-17(23,7-11)10-16/h11-14,20,23H,1-8,10H2/t11-,12?,13+,14?,16?,17?/m1/s1. The van der Waals surface area contributed by atoms with E-state index in [-0.39, 0.29) is 17.5 Å². The van der Waals surface area contributed by atoms with Gasteiger partial charge in [0.2, 0.25) is 0 Å². The summed E-state index contributed by atoms with van der Waals surface area (Å²) in [7, 11) is 0. The van der Waals surface area contributed by atoms with Crippen LogP contribution in [0.2, 0.25) is 0 Å². The Morgan fingerprint density at radius 2 is 2.04 bits per heavy atom. The van der Waals surface area contributed by atoms with Gasteiger partial charge in [-0.3, -0.25) is 10.1 Å². The van der Waals surface area contributed by atoms with E-state index in [1.165, 1.54) is 6.42 Å². The molecule has 0 radical (unpaired) electrons. The Morgan fingerprint density at radius 3 is 2.65 bits per heavy atom. The zero-order valence-electron chi connectivity index (χ0n) is 13.3. The van der Waals surface area contributed by atoms with E-state index in [1.807, 2.05) is 0 Å². The van der Waals surface area contributed by atoms with Crippen LogP contribution < -0.4 is 5.32 Å². The number of alkyl halides is 1. The van der Waals surface area contributed by atoms with Gasteiger partial charge in [0.05, 0.1) is 11.7 Å². The molecule has 4 saturated carbocycles. The molecule has 5 aliphatic rings. The molecule has 0 spiro atoms. The van der Waals surface area contributed by atoms with Gasteiger partial charge in [0.1, 0.15) is 6.04 Å². The van der Waals surface area contributed by atoms with Gasteiger partial charge in [-0.2, -0.15) is 5.26 Å². The molecule has 1 amide bonds. The van der Waals surface area contributed by atoms with Crippen molar-refractivity contribution in [3.63, 3.8) is 0 Å². The first kappa shape index (κ1) is 15.7. The molecule has 4 bridgehead atoms. The third-order valence-electron chi connectivity index (χ3n) is 6.36.